The Balaban J connectivity index is 1.46. The van der Waals surface area contributed by atoms with Crippen LogP contribution in [0.15, 0.2) is 59.7 Å². The molecule has 2 amide bonds. The average molecular weight is 524 g/mol. The number of piperazine rings is 1. The maximum Gasteiger partial charge on any atom is 0.387 e. The molecular weight excluding hydrogens is 496 g/mol. The molecule has 1 aliphatic rings. The van der Waals surface area contributed by atoms with Crippen LogP contribution >= 0.6 is 0 Å². The fourth-order valence-electron chi connectivity index (χ4n) is 4.74. The maximum absolute atomic E-state index is 13.1. The van der Waals surface area contributed by atoms with E-state index in [1.54, 1.807) is 50.9 Å². The molecule has 1 fully saturated rings. The Bertz CT molecular complexity index is 1510. The molecule has 1 saturated heterocycles. The van der Waals surface area contributed by atoms with Crippen LogP contribution < -0.4 is 20.9 Å². The lowest BCUT2D eigenvalue weighted by molar-refractivity contribution is -0.0505. The van der Waals surface area contributed by atoms with E-state index in [9.17, 15) is 18.4 Å². The van der Waals surface area contributed by atoms with Gasteiger partial charge in [-0.2, -0.15) is 8.78 Å². The van der Waals surface area contributed by atoms with Gasteiger partial charge in [-0.1, -0.05) is 24.3 Å². The first-order valence-electron chi connectivity index (χ1n) is 12.2. The molecule has 0 atom stereocenters. The SMILES string of the molecule is CCn1c(=O)c2ccc(-c3cnc(N4CCN(C(N)=O)CC4)nc3)cc2n1Cc1ccccc1OC(F)F. The lowest BCUT2D eigenvalue weighted by atomic mass is 10.1. The van der Waals surface area contributed by atoms with Crippen LogP contribution in [-0.4, -0.2) is 63.1 Å². The Morgan fingerprint density at radius 3 is 2.39 bits per heavy atom. The predicted octanol–water partition coefficient (Wildman–Crippen LogP) is 3.13. The number of primary amides is 1. The number of aromatic nitrogens is 4. The number of carbonyl (C=O) groups is 1. The second-order valence-corrected chi connectivity index (χ2v) is 8.88. The molecule has 2 aromatic carbocycles. The standard InChI is InChI=1S/C26H27F2N7O3/c1-2-34-23(36)20-8-7-17(13-21(20)35(34)16-18-5-3-4-6-22(18)38-24(27)28)19-14-30-26(31-15-19)33-11-9-32(10-12-33)25(29)37/h3-8,13-15,24H,2,9-12,16H2,1H3,(H2,29,37). The lowest BCUT2D eigenvalue weighted by Gasteiger charge is -2.33. The van der Waals surface area contributed by atoms with E-state index in [4.69, 9.17) is 10.5 Å². The van der Waals surface area contributed by atoms with Gasteiger partial charge in [0, 0.05) is 56.2 Å². The lowest BCUT2D eigenvalue weighted by Crippen LogP contribution is -2.50. The monoisotopic (exact) mass is 523 g/mol. The van der Waals surface area contributed by atoms with Crippen molar-refractivity contribution in [2.45, 2.75) is 26.6 Å². The minimum absolute atomic E-state index is 0.0660. The van der Waals surface area contributed by atoms with E-state index in [2.05, 4.69) is 9.97 Å². The van der Waals surface area contributed by atoms with E-state index >= 15 is 0 Å². The van der Waals surface area contributed by atoms with Crippen molar-refractivity contribution in [3.8, 4) is 16.9 Å². The number of carbonyl (C=O) groups excluding carboxylic acids is 1. The number of rotatable bonds is 7. The summed E-state index contributed by atoms with van der Waals surface area (Å²) in [5.41, 5.74) is 7.95. The molecule has 0 unspecified atom stereocenters. The molecule has 10 nitrogen and oxygen atoms in total. The molecule has 2 aromatic heterocycles. The number of alkyl halides is 2. The van der Waals surface area contributed by atoms with Gasteiger partial charge in [0.25, 0.3) is 5.56 Å². The smallest absolute Gasteiger partial charge is 0.387 e. The number of ether oxygens (including phenoxy) is 1. The Morgan fingerprint density at radius 2 is 1.74 bits per heavy atom. The minimum Gasteiger partial charge on any atom is -0.434 e. The summed E-state index contributed by atoms with van der Waals surface area (Å²) < 4.78 is 34.0. The van der Waals surface area contributed by atoms with Gasteiger partial charge in [0.1, 0.15) is 5.75 Å². The number of nitrogens with zero attached hydrogens (tertiary/aromatic N) is 6. The first kappa shape index (κ1) is 25.2. The molecule has 0 radical (unpaired) electrons. The predicted molar refractivity (Wildman–Crippen MR) is 138 cm³/mol. The summed E-state index contributed by atoms with van der Waals surface area (Å²) in [6.07, 6.45) is 3.43. The van der Waals surface area contributed by atoms with Gasteiger partial charge in [0.15, 0.2) is 0 Å². The highest BCUT2D eigenvalue weighted by Crippen LogP contribution is 2.27. The van der Waals surface area contributed by atoms with Crippen LogP contribution in [0.1, 0.15) is 12.5 Å². The van der Waals surface area contributed by atoms with Gasteiger partial charge < -0.3 is 20.3 Å². The van der Waals surface area contributed by atoms with Crippen molar-refractivity contribution >= 4 is 22.9 Å². The van der Waals surface area contributed by atoms with Crippen molar-refractivity contribution in [2.75, 3.05) is 31.1 Å². The van der Waals surface area contributed by atoms with E-state index in [0.29, 0.717) is 55.1 Å². The first-order valence-corrected chi connectivity index (χ1v) is 12.2. The Kier molecular flexibility index (Phi) is 6.95. The van der Waals surface area contributed by atoms with Crippen LogP contribution in [0.4, 0.5) is 19.5 Å². The highest BCUT2D eigenvalue weighted by Gasteiger charge is 2.21. The minimum atomic E-state index is -2.95. The summed E-state index contributed by atoms with van der Waals surface area (Å²) in [4.78, 5) is 37.1. The number of fused-ring (bicyclic) bond motifs is 1. The number of anilines is 1. The third kappa shape index (κ3) is 4.89. The molecule has 0 spiro atoms. The molecule has 198 valence electrons. The fraction of sp³-hybridized carbons (Fsp3) is 0.308. The number of halogens is 2. The summed E-state index contributed by atoms with van der Waals surface area (Å²) in [7, 11) is 0. The molecule has 3 heterocycles. The number of benzene rings is 2. The van der Waals surface area contributed by atoms with Crippen molar-refractivity contribution in [3.63, 3.8) is 0 Å². The van der Waals surface area contributed by atoms with E-state index in [1.165, 1.54) is 6.07 Å². The van der Waals surface area contributed by atoms with Gasteiger partial charge in [-0.25, -0.2) is 19.4 Å². The van der Waals surface area contributed by atoms with Crippen LogP contribution in [0, 0.1) is 0 Å². The number of nitrogens with two attached hydrogens (primary N) is 1. The average Bonchev–Trinajstić information content (AvgIpc) is 3.19. The summed E-state index contributed by atoms with van der Waals surface area (Å²) in [6.45, 7) is 1.67. The van der Waals surface area contributed by atoms with Crippen molar-refractivity contribution in [1.29, 1.82) is 0 Å². The van der Waals surface area contributed by atoms with Gasteiger partial charge in [-0.3, -0.25) is 9.48 Å². The van der Waals surface area contributed by atoms with E-state index in [0.717, 1.165) is 11.1 Å². The highest BCUT2D eigenvalue weighted by atomic mass is 19.3. The zero-order chi connectivity index (χ0) is 26.8. The fourth-order valence-corrected chi connectivity index (χ4v) is 4.74. The molecule has 0 aliphatic carbocycles. The Hall–Kier alpha value is -4.48. The Morgan fingerprint density at radius 1 is 1.03 bits per heavy atom. The van der Waals surface area contributed by atoms with Gasteiger partial charge in [0.2, 0.25) is 5.95 Å². The number of para-hydroxylation sites is 1. The molecule has 5 rings (SSSR count). The zero-order valence-corrected chi connectivity index (χ0v) is 20.8. The molecule has 4 aromatic rings. The van der Waals surface area contributed by atoms with Gasteiger partial charge in [-0.05, 0) is 30.7 Å². The summed E-state index contributed by atoms with van der Waals surface area (Å²) in [5, 5.41) is 0.521. The van der Waals surface area contributed by atoms with Crippen molar-refractivity contribution in [2.24, 2.45) is 5.73 Å². The van der Waals surface area contributed by atoms with Gasteiger partial charge in [-0.15, -0.1) is 0 Å². The van der Waals surface area contributed by atoms with Crippen LogP contribution in [0.3, 0.4) is 0 Å². The van der Waals surface area contributed by atoms with E-state index in [1.807, 2.05) is 24.0 Å². The van der Waals surface area contributed by atoms with E-state index in [-0.39, 0.29) is 17.9 Å². The van der Waals surface area contributed by atoms with Crippen LogP contribution in [0.5, 0.6) is 5.75 Å². The topological polar surface area (TPSA) is 112 Å². The molecule has 1 aliphatic heterocycles. The van der Waals surface area contributed by atoms with Crippen molar-refractivity contribution in [1.82, 2.24) is 24.2 Å². The second kappa shape index (κ2) is 10.5. The quantitative estimate of drug-likeness (QED) is 0.399. The van der Waals surface area contributed by atoms with E-state index < -0.39 is 12.6 Å². The number of hydrogen-bond acceptors (Lipinski definition) is 6. The number of amides is 2. The third-order valence-electron chi connectivity index (χ3n) is 6.69. The highest BCUT2D eigenvalue weighted by molar-refractivity contribution is 5.84. The zero-order valence-electron chi connectivity index (χ0n) is 20.8. The normalized spacial score (nSPS) is 13.9. The summed E-state index contributed by atoms with van der Waals surface area (Å²) in [5.74, 6) is 0.625. The first-order chi connectivity index (χ1) is 18.4. The molecule has 0 bridgehead atoms. The number of urea groups is 1. The van der Waals surface area contributed by atoms with Crippen molar-refractivity contribution < 1.29 is 18.3 Å². The van der Waals surface area contributed by atoms with Crippen LogP contribution in [-0.2, 0) is 13.1 Å². The van der Waals surface area contributed by atoms with Crippen molar-refractivity contribution in [3.05, 3.63) is 70.8 Å². The maximum atomic E-state index is 13.1. The largest absolute Gasteiger partial charge is 0.434 e. The molecule has 0 saturated carbocycles. The van der Waals surface area contributed by atoms with Crippen LogP contribution in [0.2, 0.25) is 0 Å². The summed E-state index contributed by atoms with van der Waals surface area (Å²) >= 11 is 0. The number of hydrogen-bond donors (Lipinski definition) is 1. The molecule has 12 heteroatoms. The van der Waals surface area contributed by atoms with Crippen LogP contribution in [0.25, 0.3) is 22.0 Å². The molecule has 2 N–H and O–H groups in total. The molecular formula is C26H27F2N7O3. The van der Waals surface area contributed by atoms with Gasteiger partial charge >= 0.3 is 12.6 Å². The van der Waals surface area contributed by atoms with Gasteiger partial charge in [0.05, 0.1) is 17.4 Å². The second-order valence-electron chi connectivity index (χ2n) is 8.88. The summed E-state index contributed by atoms with van der Waals surface area (Å²) in [6, 6.07) is 11.6. The third-order valence-corrected chi connectivity index (χ3v) is 6.69. The molecule has 38 heavy (non-hydrogen) atoms. The Labute approximate surface area is 216 Å².